The molecular formula is C14H14N2O2. The number of aromatic amines is 1. The molecule has 3 rings (SSSR count). The molecule has 18 heavy (non-hydrogen) atoms. The van der Waals surface area contributed by atoms with E-state index in [2.05, 4.69) is 10.3 Å². The van der Waals surface area contributed by atoms with Gasteiger partial charge in [0.15, 0.2) is 0 Å². The first-order valence-electron chi connectivity index (χ1n) is 6.08. The maximum Gasteiger partial charge on any atom is 0.252 e. The van der Waals surface area contributed by atoms with Gasteiger partial charge in [-0.2, -0.15) is 0 Å². The predicted molar refractivity (Wildman–Crippen MR) is 69.8 cm³/mol. The maximum atomic E-state index is 12.1. The van der Waals surface area contributed by atoms with E-state index in [0.29, 0.717) is 5.56 Å². The molecule has 0 atom stereocenters. The Bertz CT molecular complexity index is 684. The molecule has 1 aliphatic rings. The van der Waals surface area contributed by atoms with Gasteiger partial charge in [-0.05, 0) is 25.3 Å². The molecule has 0 saturated heterocycles. The molecule has 0 unspecified atom stereocenters. The molecule has 1 fully saturated rings. The Morgan fingerprint density at radius 2 is 2.17 bits per heavy atom. The predicted octanol–water partition coefficient (Wildman–Crippen LogP) is 1.73. The lowest BCUT2D eigenvalue weighted by atomic mass is 10.1. The average Bonchev–Trinajstić information content (AvgIpc) is 3.13. The Hall–Kier alpha value is -2.10. The van der Waals surface area contributed by atoms with Crippen molar-refractivity contribution < 1.29 is 4.79 Å². The fourth-order valence-electron chi connectivity index (χ4n) is 2.10. The third kappa shape index (κ3) is 1.90. The lowest BCUT2D eigenvalue weighted by molar-refractivity contribution is 0.0952. The molecule has 4 heteroatoms. The van der Waals surface area contributed by atoms with Crippen molar-refractivity contribution in [3.8, 4) is 0 Å². The first kappa shape index (κ1) is 11.0. The van der Waals surface area contributed by atoms with Crippen molar-refractivity contribution in [2.75, 3.05) is 0 Å². The average molecular weight is 242 g/mol. The number of aromatic nitrogens is 1. The first-order valence-corrected chi connectivity index (χ1v) is 6.08. The summed E-state index contributed by atoms with van der Waals surface area (Å²) < 4.78 is 0. The number of hydrogen-bond acceptors (Lipinski definition) is 2. The minimum atomic E-state index is -0.238. The molecule has 2 aromatic rings. The number of rotatable bonds is 2. The highest BCUT2D eigenvalue weighted by atomic mass is 16.2. The molecule has 1 aliphatic carbocycles. The van der Waals surface area contributed by atoms with Gasteiger partial charge in [-0.15, -0.1) is 0 Å². The van der Waals surface area contributed by atoms with Crippen LogP contribution in [0, 0.1) is 6.92 Å². The zero-order valence-electron chi connectivity index (χ0n) is 10.1. The summed E-state index contributed by atoms with van der Waals surface area (Å²) in [5, 5.41) is 3.72. The zero-order valence-corrected chi connectivity index (χ0v) is 10.1. The maximum absolute atomic E-state index is 12.1. The minimum Gasteiger partial charge on any atom is -0.349 e. The largest absolute Gasteiger partial charge is 0.349 e. The molecule has 1 saturated carbocycles. The van der Waals surface area contributed by atoms with Crippen molar-refractivity contribution in [3.05, 3.63) is 45.7 Å². The highest BCUT2D eigenvalue weighted by Crippen LogP contribution is 2.22. The van der Waals surface area contributed by atoms with Gasteiger partial charge < -0.3 is 10.3 Å². The summed E-state index contributed by atoms with van der Waals surface area (Å²) in [5.74, 6) is -0.154. The van der Waals surface area contributed by atoms with Gasteiger partial charge in [0.1, 0.15) is 0 Å². The van der Waals surface area contributed by atoms with E-state index >= 15 is 0 Å². The Morgan fingerprint density at radius 3 is 2.89 bits per heavy atom. The van der Waals surface area contributed by atoms with Crippen molar-refractivity contribution >= 4 is 16.8 Å². The number of carbonyl (C=O) groups excluding carboxylic acids is 1. The summed E-state index contributed by atoms with van der Waals surface area (Å²) in [6.45, 7) is 1.92. The SMILES string of the molecule is Cc1cccc2c(C(=O)NC3CC3)cc(=O)[nH]c12. The number of fused-ring (bicyclic) bond motifs is 1. The van der Waals surface area contributed by atoms with Gasteiger partial charge in [-0.3, -0.25) is 9.59 Å². The van der Waals surface area contributed by atoms with Crippen molar-refractivity contribution in [2.24, 2.45) is 0 Å². The van der Waals surface area contributed by atoms with E-state index in [1.54, 1.807) is 0 Å². The number of amides is 1. The quantitative estimate of drug-likeness (QED) is 0.842. The monoisotopic (exact) mass is 242 g/mol. The third-order valence-electron chi connectivity index (χ3n) is 3.24. The minimum absolute atomic E-state index is 0.154. The summed E-state index contributed by atoms with van der Waals surface area (Å²) in [6.07, 6.45) is 2.07. The number of benzene rings is 1. The lowest BCUT2D eigenvalue weighted by Gasteiger charge is -2.08. The van der Waals surface area contributed by atoms with Crippen LogP contribution in [0.25, 0.3) is 10.9 Å². The summed E-state index contributed by atoms with van der Waals surface area (Å²) >= 11 is 0. The van der Waals surface area contributed by atoms with Crippen LogP contribution in [0.15, 0.2) is 29.1 Å². The third-order valence-corrected chi connectivity index (χ3v) is 3.24. The van der Waals surface area contributed by atoms with E-state index in [0.717, 1.165) is 29.3 Å². The van der Waals surface area contributed by atoms with Gasteiger partial charge in [-0.25, -0.2) is 0 Å². The molecule has 0 spiro atoms. The van der Waals surface area contributed by atoms with E-state index in [1.165, 1.54) is 6.07 Å². The molecule has 1 amide bonds. The molecule has 0 radical (unpaired) electrons. The standard InChI is InChI=1S/C14H14N2O2/c1-8-3-2-4-10-11(7-12(17)16-13(8)10)14(18)15-9-5-6-9/h2-4,7,9H,5-6H2,1H3,(H,15,18)(H,16,17). The molecule has 0 bridgehead atoms. The van der Waals surface area contributed by atoms with Crippen LogP contribution >= 0.6 is 0 Å². The summed E-state index contributed by atoms with van der Waals surface area (Å²) in [6, 6.07) is 7.33. The Kier molecular flexibility index (Phi) is 2.44. The van der Waals surface area contributed by atoms with Gasteiger partial charge in [0.05, 0.1) is 11.1 Å². The van der Waals surface area contributed by atoms with Crippen molar-refractivity contribution in [1.82, 2.24) is 10.3 Å². The smallest absolute Gasteiger partial charge is 0.252 e. The molecule has 4 nitrogen and oxygen atoms in total. The number of carbonyl (C=O) groups is 1. The van der Waals surface area contributed by atoms with Crippen molar-refractivity contribution in [1.29, 1.82) is 0 Å². The summed E-state index contributed by atoms with van der Waals surface area (Å²) in [5.41, 5.74) is 1.93. The Labute approximate surface area is 104 Å². The van der Waals surface area contributed by atoms with Crippen LogP contribution in [0.1, 0.15) is 28.8 Å². The molecule has 1 aromatic carbocycles. The molecular weight excluding hydrogens is 228 g/mol. The van der Waals surface area contributed by atoms with Crippen LogP contribution in [-0.4, -0.2) is 16.9 Å². The molecule has 1 heterocycles. The van der Waals surface area contributed by atoms with Gasteiger partial charge in [-0.1, -0.05) is 18.2 Å². The summed E-state index contributed by atoms with van der Waals surface area (Å²) in [4.78, 5) is 26.5. The fraction of sp³-hybridized carbons (Fsp3) is 0.286. The number of hydrogen-bond donors (Lipinski definition) is 2. The van der Waals surface area contributed by atoms with Gasteiger partial charge in [0, 0.05) is 17.5 Å². The van der Waals surface area contributed by atoms with Crippen molar-refractivity contribution in [3.63, 3.8) is 0 Å². The van der Waals surface area contributed by atoms with E-state index in [9.17, 15) is 9.59 Å². The van der Waals surface area contributed by atoms with E-state index in [-0.39, 0.29) is 17.5 Å². The van der Waals surface area contributed by atoms with Crippen LogP contribution in [0.3, 0.4) is 0 Å². The van der Waals surface area contributed by atoms with Crippen LogP contribution in [0.4, 0.5) is 0 Å². The van der Waals surface area contributed by atoms with Crippen LogP contribution < -0.4 is 10.9 Å². The number of pyridine rings is 1. The Balaban J connectivity index is 2.17. The number of nitrogens with one attached hydrogen (secondary N) is 2. The fourth-order valence-corrected chi connectivity index (χ4v) is 2.10. The van der Waals surface area contributed by atoms with Crippen LogP contribution in [0.2, 0.25) is 0 Å². The Morgan fingerprint density at radius 1 is 1.39 bits per heavy atom. The van der Waals surface area contributed by atoms with Gasteiger partial charge in [0.25, 0.3) is 5.91 Å². The molecule has 2 N–H and O–H groups in total. The number of H-pyrrole nitrogens is 1. The topological polar surface area (TPSA) is 62.0 Å². The molecule has 0 aliphatic heterocycles. The number of aryl methyl sites for hydroxylation is 1. The second-order valence-electron chi connectivity index (χ2n) is 4.79. The van der Waals surface area contributed by atoms with Gasteiger partial charge >= 0.3 is 0 Å². The highest BCUT2D eigenvalue weighted by molar-refractivity contribution is 6.06. The second kappa shape index (κ2) is 3.98. The summed E-state index contributed by atoms with van der Waals surface area (Å²) in [7, 11) is 0. The molecule has 1 aromatic heterocycles. The highest BCUT2D eigenvalue weighted by Gasteiger charge is 2.24. The lowest BCUT2D eigenvalue weighted by Crippen LogP contribution is -2.27. The van der Waals surface area contributed by atoms with Gasteiger partial charge in [0.2, 0.25) is 5.56 Å². The van der Waals surface area contributed by atoms with Crippen LogP contribution in [0.5, 0.6) is 0 Å². The first-order chi connectivity index (χ1) is 8.65. The normalized spacial score (nSPS) is 14.7. The second-order valence-corrected chi connectivity index (χ2v) is 4.79. The van der Waals surface area contributed by atoms with E-state index in [4.69, 9.17) is 0 Å². The number of para-hydroxylation sites is 1. The van der Waals surface area contributed by atoms with E-state index < -0.39 is 0 Å². The van der Waals surface area contributed by atoms with E-state index in [1.807, 2.05) is 25.1 Å². The van der Waals surface area contributed by atoms with Crippen molar-refractivity contribution in [2.45, 2.75) is 25.8 Å². The zero-order chi connectivity index (χ0) is 12.7. The molecule has 92 valence electrons. The van der Waals surface area contributed by atoms with Crippen LogP contribution in [-0.2, 0) is 0 Å².